The lowest BCUT2D eigenvalue weighted by molar-refractivity contribution is -0.118. The Labute approximate surface area is 169 Å². The maximum absolute atomic E-state index is 12.3. The second-order valence-corrected chi connectivity index (χ2v) is 6.61. The van der Waals surface area contributed by atoms with Gasteiger partial charge in [0.2, 0.25) is 11.8 Å². The average Bonchev–Trinajstić information content (AvgIpc) is 2.92. The van der Waals surface area contributed by atoms with Crippen molar-refractivity contribution in [2.75, 3.05) is 23.9 Å². The highest BCUT2D eigenvalue weighted by molar-refractivity contribution is 6.31. The summed E-state index contributed by atoms with van der Waals surface area (Å²) < 4.78 is 4.87. The number of nitrogens with zero attached hydrogens (tertiary/aromatic N) is 1. The molecule has 144 valence electrons. The first-order chi connectivity index (χ1) is 12.5. The van der Waals surface area contributed by atoms with Crippen molar-refractivity contribution in [2.45, 2.75) is 19.0 Å². The van der Waals surface area contributed by atoms with Gasteiger partial charge in [0.05, 0.1) is 19.6 Å². The van der Waals surface area contributed by atoms with Crippen molar-refractivity contribution in [1.82, 2.24) is 0 Å². The van der Waals surface area contributed by atoms with Crippen molar-refractivity contribution >= 4 is 47.2 Å². The second-order valence-electron chi connectivity index (χ2n) is 6.18. The van der Waals surface area contributed by atoms with E-state index in [4.69, 9.17) is 22.1 Å². The van der Waals surface area contributed by atoms with E-state index in [0.29, 0.717) is 23.7 Å². The van der Waals surface area contributed by atoms with Crippen molar-refractivity contribution in [2.24, 2.45) is 5.73 Å². The zero-order valence-electron chi connectivity index (χ0n) is 14.8. The molecule has 1 aliphatic heterocycles. The highest BCUT2D eigenvalue weighted by atomic mass is 35.5. The van der Waals surface area contributed by atoms with Crippen LogP contribution in [0.4, 0.5) is 11.4 Å². The van der Waals surface area contributed by atoms with E-state index in [0.717, 1.165) is 16.8 Å². The Morgan fingerprint density at radius 1 is 1.30 bits per heavy atom. The molecule has 6 nitrogen and oxygen atoms in total. The summed E-state index contributed by atoms with van der Waals surface area (Å²) in [7, 11) is 1.49. The summed E-state index contributed by atoms with van der Waals surface area (Å²) in [6.45, 7) is 0.604. The van der Waals surface area contributed by atoms with Crippen LogP contribution in [0.25, 0.3) is 0 Å². The Hall–Kier alpha value is -2.12. The smallest absolute Gasteiger partial charge is 0.243 e. The molecule has 1 unspecified atom stereocenters. The lowest BCUT2D eigenvalue weighted by Gasteiger charge is -2.18. The van der Waals surface area contributed by atoms with Gasteiger partial charge in [-0.25, -0.2) is 0 Å². The predicted octanol–water partition coefficient (Wildman–Crippen LogP) is 2.76. The first-order valence-electron chi connectivity index (χ1n) is 8.21. The molecule has 3 rings (SSSR count). The fourth-order valence-electron chi connectivity index (χ4n) is 2.87. The zero-order valence-corrected chi connectivity index (χ0v) is 16.3. The Kier molecular flexibility index (Phi) is 7.21. The number of amides is 2. The fraction of sp³-hybridized carbons (Fsp3) is 0.263. The van der Waals surface area contributed by atoms with Gasteiger partial charge in [0.15, 0.2) is 0 Å². The third kappa shape index (κ3) is 4.99. The van der Waals surface area contributed by atoms with Crippen molar-refractivity contribution in [3.8, 4) is 0 Å². The predicted molar refractivity (Wildman–Crippen MR) is 109 cm³/mol. The van der Waals surface area contributed by atoms with Crippen LogP contribution in [-0.2, 0) is 27.3 Å². The highest BCUT2D eigenvalue weighted by Crippen LogP contribution is 2.32. The largest absolute Gasteiger partial charge is 0.383 e. The van der Waals surface area contributed by atoms with Crippen LogP contribution >= 0.6 is 24.0 Å². The molecule has 8 heteroatoms. The molecule has 0 bridgehead atoms. The van der Waals surface area contributed by atoms with Crippen LogP contribution in [0.2, 0.25) is 5.02 Å². The second kappa shape index (κ2) is 9.19. The van der Waals surface area contributed by atoms with Crippen molar-refractivity contribution in [3.63, 3.8) is 0 Å². The van der Waals surface area contributed by atoms with Gasteiger partial charge in [-0.15, -0.1) is 12.4 Å². The number of nitrogens with one attached hydrogen (secondary N) is 1. The van der Waals surface area contributed by atoms with Gasteiger partial charge >= 0.3 is 0 Å². The third-order valence-corrected chi connectivity index (χ3v) is 4.46. The number of fused-ring (bicyclic) bond motifs is 1. The van der Waals surface area contributed by atoms with Gasteiger partial charge in [-0.05, 0) is 35.4 Å². The normalized spacial score (nSPS) is 13.7. The minimum Gasteiger partial charge on any atom is -0.383 e. The Morgan fingerprint density at radius 3 is 2.67 bits per heavy atom. The van der Waals surface area contributed by atoms with E-state index >= 15 is 0 Å². The van der Waals surface area contributed by atoms with Gasteiger partial charge in [-0.2, -0.15) is 0 Å². The van der Waals surface area contributed by atoms with E-state index in [9.17, 15) is 9.59 Å². The molecule has 0 aromatic heterocycles. The van der Waals surface area contributed by atoms with Crippen LogP contribution in [0.5, 0.6) is 0 Å². The minimum atomic E-state index is -0.719. The molecule has 2 amide bonds. The molecular formula is C19H21Cl2N3O3. The van der Waals surface area contributed by atoms with E-state index in [1.54, 1.807) is 23.1 Å². The van der Waals surface area contributed by atoms with E-state index in [1.807, 2.05) is 24.3 Å². The molecule has 2 aromatic rings. The quantitative estimate of drug-likeness (QED) is 0.767. The van der Waals surface area contributed by atoms with Gasteiger partial charge in [-0.3, -0.25) is 9.59 Å². The molecule has 1 atom stereocenters. The van der Waals surface area contributed by atoms with Crippen LogP contribution in [0.1, 0.15) is 11.1 Å². The standard InChI is InChI=1S/C19H20ClN3O3.ClH/c1-26-11-16(21)19(25)22-15-6-2-12(3-7-15)10-23-17-9-14(20)5-4-13(17)8-18(23)24;/h2-7,9,16H,8,10-11,21H2,1H3,(H,22,25);1H. The first-order valence-corrected chi connectivity index (χ1v) is 8.59. The minimum absolute atomic E-state index is 0. The maximum Gasteiger partial charge on any atom is 0.243 e. The summed E-state index contributed by atoms with van der Waals surface area (Å²) in [4.78, 5) is 25.9. The number of halogens is 2. The van der Waals surface area contributed by atoms with Crippen LogP contribution in [-0.4, -0.2) is 31.6 Å². The molecular weight excluding hydrogens is 389 g/mol. The number of carbonyl (C=O) groups excluding carboxylic acids is 2. The zero-order chi connectivity index (χ0) is 18.7. The number of benzene rings is 2. The summed E-state index contributed by atoms with van der Waals surface area (Å²) in [5.74, 6) is -0.261. The number of hydrogen-bond donors (Lipinski definition) is 2. The van der Waals surface area contributed by atoms with Gasteiger partial charge in [0.25, 0.3) is 0 Å². The van der Waals surface area contributed by atoms with E-state index in [-0.39, 0.29) is 30.8 Å². The van der Waals surface area contributed by atoms with Crippen LogP contribution in [0.15, 0.2) is 42.5 Å². The number of anilines is 2. The number of carbonyl (C=O) groups is 2. The van der Waals surface area contributed by atoms with E-state index < -0.39 is 6.04 Å². The number of methoxy groups -OCH3 is 1. The average molecular weight is 410 g/mol. The van der Waals surface area contributed by atoms with Crippen LogP contribution in [0, 0.1) is 0 Å². The van der Waals surface area contributed by atoms with Crippen molar-refractivity contribution in [3.05, 3.63) is 58.6 Å². The Morgan fingerprint density at radius 2 is 2.00 bits per heavy atom. The topological polar surface area (TPSA) is 84.7 Å². The molecule has 0 fully saturated rings. The molecule has 2 aromatic carbocycles. The third-order valence-electron chi connectivity index (χ3n) is 4.23. The molecule has 1 aliphatic rings. The summed E-state index contributed by atoms with van der Waals surface area (Å²) in [6, 6.07) is 12.1. The summed E-state index contributed by atoms with van der Waals surface area (Å²) in [6.07, 6.45) is 0.387. The molecule has 0 saturated heterocycles. The van der Waals surface area contributed by atoms with Crippen molar-refractivity contribution in [1.29, 1.82) is 0 Å². The number of rotatable bonds is 6. The molecule has 3 N–H and O–H groups in total. The summed E-state index contributed by atoms with van der Waals surface area (Å²) >= 11 is 6.06. The first kappa shape index (κ1) is 21.2. The highest BCUT2D eigenvalue weighted by Gasteiger charge is 2.27. The SMILES string of the molecule is COCC(N)C(=O)Nc1ccc(CN2C(=O)Cc3ccc(Cl)cc32)cc1.Cl. The van der Waals surface area contributed by atoms with Gasteiger partial charge in [0.1, 0.15) is 6.04 Å². The maximum atomic E-state index is 12.3. The molecule has 0 aliphatic carbocycles. The lowest BCUT2D eigenvalue weighted by atomic mass is 10.1. The number of nitrogens with two attached hydrogens (primary N) is 1. The molecule has 0 spiro atoms. The molecule has 1 heterocycles. The van der Waals surface area contributed by atoms with Crippen LogP contribution < -0.4 is 16.0 Å². The van der Waals surface area contributed by atoms with Crippen LogP contribution in [0.3, 0.4) is 0 Å². The Bertz CT molecular complexity index is 827. The Balaban J connectivity index is 0.00000261. The van der Waals surface area contributed by atoms with E-state index in [1.165, 1.54) is 7.11 Å². The number of ether oxygens (including phenoxy) is 1. The molecule has 27 heavy (non-hydrogen) atoms. The molecule has 0 radical (unpaired) electrons. The van der Waals surface area contributed by atoms with Gasteiger partial charge in [-0.1, -0.05) is 29.8 Å². The van der Waals surface area contributed by atoms with Crippen molar-refractivity contribution < 1.29 is 14.3 Å². The summed E-state index contributed by atoms with van der Waals surface area (Å²) in [5.41, 5.74) is 9.12. The van der Waals surface area contributed by atoms with Gasteiger partial charge < -0.3 is 20.7 Å². The fourth-order valence-corrected chi connectivity index (χ4v) is 3.04. The monoisotopic (exact) mass is 409 g/mol. The molecule has 0 saturated carbocycles. The summed E-state index contributed by atoms with van der Waals surface area (Å²) in [5, 5.41) is 3.34. The lowest BCUT2D eigenvalue weighted by Crippen LogP contribution is -2.39. The van der Waals surface area contributed by atoms with Gasteiger partial charge in [0, 0.05) is 23.5 Å². The van der Waals surface area contributed by atoms with E-state index in [2.05, 4.69) is 5.32 Å². The number of hydrogen-bond acceptors (Lipinski definition) is 4.